The number of hydrogen-bond acceptors (Lipinski definition) is 7. The van der Waals surface area contributed by atoms with Crippen LogP contribution in [0.15, 0.2) is 76.1 Å². The van der Waals surface area contributed by atoms with Crippen LogP contribution < -0.4 is 14.9 Å². The molecule has 9 heteroatoms. The summed E-state index contributed by atoms with van der Waals surface area (Å²) in [6.45, 7) is 3.68. The first-order chi connectivity index (χ1) is 17.8. The Morgan fingerprint density at radius 2 is 1.73 bits per heavy atom. The van der Waals surface area contributed by atoms with Crippen molar-refractivity contribution in [2.45, 2.75) is 26.3 Å². The Hall–Kier alpha value is -4.43. The predicted molar refractivity (Wildman–Crippen MR) is 136 cm³/mol. The highest BCUT2D eigenvalue weighted by Crippen LogP contribution is 2.30. The minimum Gasteiger partial charge on any atom is -0.460 e. The van der Waals surface area contributed by atoms with Crippen molar-refractivity contribution in [3.05, 3.63) is 98.9 Å². The van der Waals surface area contributed by atoms with Gasteiger partial charge in [-0.15, -0.1) is 0 Å². The monoisotopic (exact) mass is 517 g/mol. The quantitative estimate of drug-likeness (QED) is 0.179. The molecule has 2 amide bonds. The Morgan fingerprint density at radius 3 is 2.49 bits per heavy atom. The normalized spacial score (nSPS) is 13.5. The number of imide groups is 1. The number of halogens is 1. The molecule has 0 N–H and O–H groups in total. The lowest BCUT2D eigenvalue weighted by atomic mass is 10.1. The average Bonchev–Trinajstić information content (AvgIpc) is 3.15. The Labute approximate surface area is 216 Å². The van der Waals surface area contributed by atoms with E-state index in [1.54, 1.807) is 31.2 Å². The molecule has 0 saturated carbocycles. The van der Waals surface area contributed by atoms with E-state index in [9.17, 15) is 19.2 Å². The highest BCUT2D eigenvalue weighted by Gasteiger charge is 2.38. The van der Waals surface area contributed by atoms with Crippen LogP contribution >= 0.6 is 11.6 Å². The van der Waals surface area contributed by atoms with Gasteiger partial charge in [-0.3, -0.25) is 19.3 Å². The molecule has 0 fully saturated rings. The number of rotatable bonds is 6. The van der Waals surface area contributed by atoms with E-state index in [-0.39, 0.29) is 51.1 Å². The summed E-state index contributed by atoms with van der Waals surface area (Å²) in [7, 11) is 0. The third-order valence-electron chi connectivity index (χ3n) is 6.17. The molecule has 1 aliphatic heterocycles. The van der Waals surface area contributed by atoms with Crippen LogP contribution in [0.4, 0.5) is 0 Å². The number of carbonyl (C=O) groups excluding carboxylic acids is 3. The van der Waals surface area contributed by atoms with E-state index in [0.717, 1.165) is 6.26 Å². The van der Waals surface area contributed by atoms with Crippen molar-refractivity contribution in [2.24, 2.45) is 0 Å². The molecule has 1 unspecified atom stereocenters. The standard InChI is InChI=1S/C28H20ClNO7/c1-3-15(2)30-26(32)18-10-8-16(12-20(18)27(30)33)28(34)36-17-9-11-19-23(13-17)35-14-24(25(19)31)37-22-7-5-4-6-21(22)29/h4-15H,3H2,1-2H3. The lowest BCUT2D eigenvalue weighted by Gasteiger charge is -2.20. The molecule has 4 aromatic rings. The van der Waals surface area contributed by atoms with E-state index >= 15 is 0 Å². The van der Waals surface area contributed by atoms with Gasteiger partial charge in [-0.1, -0.05) is 30.7 Å². The van der Waals surface area contributed by atoms with Crippen molar-refractivity contribution in [1.29, 1.82) is 0 Å². The van der Waals surface area contributed by atoms with Gasteiger partial charge in [-0.05, 0) is 55.8 Å². The largest absolute Gasteiger partial charge is 0.460 e. The second-order valence-corrected chi connectivity index (χ2v) is 8.91. The minimum atomic E-state index is -0.731. The van der Waals surface area contributed by atoms with Crippen molar-refractivity contribution in [3.63, 3.8) is 0 Å². The van der Waals surface area contributed by atoms with Crippen molar-refractivity contribution < 1.29 is 28.3 Å². The summed E-state index contributed by atoms with van der Waals surface area (Å²) in [6, 6.07) is 15.0. The van der Waals surface area contributed by atoms with Crippen LogP contribution in [0.5, 0.6) is 17.2 Å². The number of fused-ring (bicyclic) bond motifs is 2. The summed E-state index contributed by atoms with van der Waals surface area (Å²) in [6.07, 6.45) is 1.78. The van der Waals surface area contributed by atoms with Gasteiger partial charge in [0.25, 0.3) is 11.8 Å². The topological polar surface area (TPSA) is 103 Å². The van der Waals surface area contributed by atoms with Crippen LogP contribution in [0, 0.1) is 0 Å². The van der Waals surface area contributed by atoms with Crippen LogP contribution in [0.25, 0.3) is 11.0 Å². The Kier molecular flexibility index (Phi) is 6.27. The van der Waals surface area contributed by atoms with Gasteiger partial charge in [0.15, 0.2) is 0 Å². The molecular weight excluding hydrogens is 498 g/mol. The van der Waals surface area contributed by atoms with Gasteiger partial charge in [0.05, 0.1) is 27.1 Å². The maximum atomic E-state index is 12.9. The van der Waals surface area contributed by atoms with Crippen molar-refractivity contribution in [3.8, 4) is 17.2 Å². The van der Waals surface area contributed by atoms with Crippen LogP contribution in [0.2, 0.25) is 5.02 Å². The van der Waals surface area contributed by atoms with E-state index in [1.165, 1.54) is 41.3 Å². The smallest absolute Gasteiger partial charge is 0.343 e. The Bertz CT molecular complexity index is 1640. The van der Waals surface area contributed by atoms with Crippen LogP contribution in [-0.4, -0.2) is 28.7 Å². The molecule has 0 spiro atoms. The molecular formula is C28H20ClNO7. The van der Waals surface area contributed by atoms with Gasteiger partial charge in [0, 0.05) is 12.1 Å². The van der Waals surface area contributed by atoms with Gasteiger partial charge in [0.1, 0.15) is 23.3 Å². The zero-order chi connectivity index (χ0) is 26.3. The molecule has 37 heavy (non-hydrogen) atoms. The number of ether oxygens (including phenoxy) is 2. The lowest BCUT2D eigenvalue weighted by Crippen LogP contribution is -2.37. The predicted octanol–water partition coefficient (Wildman–Crippen LogP) is 5.85. The molecule has 5 rings (SSSR count). The van der Waals surface area contributed by atoms with E-state index in [1.807, 2.05) is 6.92 Å². The van der Waals surface area contributed by atoms with Gasteiger partial charge in [0.2, 0.25) is 11.2 Å². The summed E-state index contributed by atoms with van der Waals surface area (Å²) in [4.78, 5) is 52.3. The molecule has 1 atom stereocenters. The van der Waals surface area contributed by atoms with Crippen molar-refractivity contribution >= 4 is 40.4 Å². The summed E-state index contributed by atoms with van der Waals surface area (Å²) in [5.74, 6) is -1.16. The van der Waals surface area contributed by atoms with Gasteiger partial charge >= 0.3 is 5.97 Å². The molecule has 1 aliphatic rings. The molecule has 186 valence electrons. The number of hydrogen-bond donors (Lipinski definition) is 0. The molecule has 0 saturated heterocycles. The van der Waals surface area contributed by atoms with E-state index in [4.69, 9.17) is 25.5 Å². The molecule has 3 aromatic carbocycles. The first kappa shape index (κ1) is 24.3. The van der Waals surface area contributed by atoms with Crippen LogP contribution in [0.1, 0.15) is 51.3 Å². The molecule has 8 nitrogen and oxygen atoms in total. The van der Waals surface area contributed by atoms with Gasteiger partial charge < -0.3 is 13.9 Å². The third-order valence-corrected chi connectivity index (χ3v) is 6.48. The second kappa shape index (κ2) is 9.55. The fourth-order valence-electron chi connectivity index (χ4n) is 4.01. The van der Waals surface area contributed by atoms with E-state index in [2.05, 4.69) is 0 Å². The fourth-order valence-corrected chi connectivity index (χ4v) is 4.18. The average molecular weight is 518 g/mol. The minimum absolute atomic E-state index is 0.0471. The number of nitrogens with zero attached hydrogens (tertiary/aromatic N) is 1. The maximum absolute atomic E-state index is 12.9. The number of esters is 1. The lowest BCUT2D eigenvalue weighted by molar-refractivity contribution is 0.0593. The number of benzene rings is 3. The summed E-state index contributed by atoms with van der Waals surface area (Å²) < 4.78 is 16.6. The molecule has 1 aromatic heterocycles. The zero-order valence-corrected chi connectivity index (χ0v) is 20.6. The summed E-state index contributed by atoms with van der Waals surface area (Å²) in [5, 5.41) is 0.561. The SMILES string of the molecule is CCC(C)N1C(=O)c2ccc(C(=O)Oc3ccc4c(=O)c(Oc5ccccc5Cl)coc4c3)cc2C1=O. The number of amides is 2. The third kappa shape index (κ3) is 4.36. The number of para-hydroxylation sites is 1. The highest BCUT2D eigenvalue weighted by atomic mass is 35.5. The first-order valence-corrected chi connectivity index (χ1v) is 11.9. The second-order valence-electron chi connectivity index (χ2n) is 8.51. The van der Waals surface area contributed by atoms with Crippen LogP contribution in [0.3, 0.4) is 0 Å². The fraction of sp³-hybridized carbons (Fsp3) is 0.143. The highest BCUT2D eigenvalue weighted by molar-refractivity contribution is 6.32. The molecule has 0 radical (unpaired) electrons. The van der Waals surface area contributed by atoms with Gasteiger partial charge in [-0.25, -0.2) is 4.79 Å². The molecule has 2 heterocycles. The molecule has 0 aliphatic carbocycles. The van der Waals surface area contributed by atoms with Crippen molar-refractivity contribution in [1.82, 2.24) is 4.90 Å². The summed E-state index contributed by atoms with van der Waals surface area (Å²) >= 11 is 6.09. The number of carbonyl (C=O) groups is 3. The van der Waals surface area contributed by atoms with E-state index in [0.29, 0.717) is 17.2 Å². The first-order valence-electron chi connectivity index (χ1n) is 11.5. The van der Waals surface area contributed by atoms with Crippen LogP contribution in [-0.2, 0) is 0 Å². The van der Waals surface area contributed by atoms with Gasteiger partial charge in [-0.2, -0.15) is 0 Å². The zero-order valence-electron chi connectivity index (χ0n) is 19.8. The summed E-state index contributed by atoms with van der Waals surface area (Å²) in [5.41, 5.74) is 0.280. The van der Waals surface area contributed by atoms with Crippen molar-refractivity contribution in [2.75, 3.05) is 0 Å². The maximum Gasteiger partial charge on any atom is 0.343 e. The molecule has 0 bridgehead atoms. The Balaban J connectivity index is 1.37. The Morgan fingerprint density at radius 1 is 0.973 bits per heavy atom. The van der Waals surface area contributed by atoms with E-state index < -0.39 is 17.3 Å².